The number of aliphatic carboxylic acids is 4. The molecule has 280 valence electrons. The Morgan fingerprint density at radius 2 is 0.577 bits per heavy atom. The minimum absolute atomic E-state index is 0.385. The molecule has 4 aromatic carbocycles. The summed E-state index contributed by atoms with van der Waals surface area (Å²) in [5.74, 6) is -3.84. The van der Waals surface area contributed by atoms with Gasteiger partial charge in [-0.05, 0) is 47.9 Å². The van der Waals surface area contributed by atoms with Gasteiger partial charge in [0.1, 0.15) is 24.2 Å². The smallest absolute Gasteiger partial charge is 0.320 e. The number of carboxylic acid groups (broad SMARTS) is 4. The van der Waals surface area contributed by atoms with Crippen molar-refractivity contribution in [1.82, 2.24) is 0 Å². The Morgan fingerprint density at radius 3 is 0.692 bits per heavy atom. The largest absolute Gasteiger partial charge is 0.480 e. The lowest BCUT2D eigenvalue weighted by Crippen LogP contribution is -2.32. The Balaban J connectivity index is 0.000000644. The maximum Gasteiger partial charge on any atom is 0.320 e. The van der Waals surface area contributed by atoms with E-state index in [1.165, 1.54) is 0 Å². The van der Waals surface area contributed by atoms with Crippen molar-refractivity contribution < 1.29 is 49.9 Å². The van der Waals surface area contributed by atoms with Crippen molar-refractivity contribution in [2.24, 2.45) is 22.9 Å². The first-order chi connectivity index (χ1) is 24.5. The van der Waals surface area contributed by atoms with Crippen molar-refractivity contribution in [2.45, 2.75) is 49.9 Å². The van der Waals surface area contributed by atoms with Crippen LogP contribution in [-0.4, -0.2) is 78.8 Å². The van der Waals surface area contributed by atoms with Crippen LogP contribution in [0.15, 0.2) is 121 Å². The van der Waals surface area contributed by atoms with Gasteiger partial charge in [-0.1, -0.05) is 121 Å². The highest BCUT2D eigenvalue weighted by molar-refractivity contribution is 5.74. The fraction of sp³-hybridized carbons (Fsp3) is 0.222. The van der Waals surface area contributed by atoms with Crippen LogP contribution in [0.2, 0.25) is 0 Å². The van der Waals surface area contributed by atoms with Crippen molar-refractivity contribution in [3.05, 3.63) is 154 Å². The van der Waals surface area contributed by atoms with Crippen LogP contribution < -0.4 is 22.9 Å². The first kappa shape index (κ1) is 45.8. The van der Waals surface area contributed by atoms with E-state index in [9.17, 15) is 19.2 Å². The molecule has 16 heteroatoms. The molecule has 0 fully saturated rings. The zero-order chi connectivity index (χ0) is 39.5. The molecule has 0 aliphatic rings. The Kier molecular flexibility index (Phi) is 23.5. The summed E-state index contributed by atoms with van der Waals surface area (Å²) in [5, 5.41) is 47.7. The number of carboxylic acids is 4. The molecule has 0 bridgehead atoms. The van der Waals surface area contributed by atoms with Crippen LogP contribution in [0.5, 0.6) is 0 Å². The second-order valence-corrected chi connectivity index (χ2v) is 10.8. The van der Waals surface area contributed by atoms with E-state index in [0.29, 0.717) is 25.7 Å². The van der Waals surface area contributed by atoms with E-state index in [4.69, 9.17) is 58.7 Å². The number of carbonyl (C=O) groups is 4. The van der Waals surface area contributed by atoms with Gasteiger partial charge in [-0.2, -0.15) is 0 Å². The normalized spacial score (nSPS) is 11.9. The van der Waals surface area contributed by atoms with Gasteiger partial charge >= 0.3 is 23.9 Å². The molecule has 0 saturated heterocycles. The minimum atomic E-state index is -1.50. The molecule has 0 unspecified atom stereocenters. The third-order valence-electron chi connectivity index (χ3n) is 6.46. The van der Waals surface area contributed by atoms with Gasteiger partial charge in [-0.25, -0.2) is 0 Å². The number of benzene rings is 4. The van der Waals surface area contributed by atoms with Gasteiger partial charge in [-0.15, -0.1) is 10.1 Å². The van der Waals surface area contributed by atoms with Crippen molar-refractivity contribution in [3.8, 4) is 0 Å². The summed E-state index contributed by atoms with van der Waals surface area (Å²) in [5.41, 5.74) is 25.2. The molecule has 4 atom stereocenters. The Hall–Kier alpha value is -6.20. The van der Waals surface area contributed by atoms with E-state index in [1.807, 2.05) is 121 Å². The summed E-state index contributed by atoms with van der Waals surface area (Å²) in [4.78, 5) is 49.9. The Labute approximate surface area is 300 Å². The average Bonchev–Trinajstić information content (AvgIpc) is 3.10. The summed E-state index contributed by atoms with van der Waals surface area (Å²) in [6, 6.07) is 34.2. The zero-order valence-corrected chi connectivity index (χ0v) is 28.1. The van der Waals surface area contributed by atoms with E-state index in [-0.39, 0.29) is 0 Å². The van der Waals surface area contributed by atoms with Gasteiger partial charge in [0.2, 0.25) is 0 Å². The second kappa shape index (κ2) is 26.6. The van der Waals surface area contributed by atoms with Gasteiger partial charge in [0.05, 0.1) is 0 Å². The lowest BCUT2D eigenvalue weighted by atomic mass is 10.1. The van der Waals surface area contributed by atoms with Crippen LogP contribution in [0.25, 0.3) is 0 Å². The first-order valence-electron chi connectivity index (χ1n) is 15.5. The van der Waals surface area contributed by atoms with Gasteiger partial charge < -0.3 is 48.6 Å². The first-order valence-corrected chi connectivity index (χ1v) is 15.5. The minimum Gasteiger partial charge on any atom is -0.480 e. The van der Waals surface area contributed by atoms with Gasteiger partial charge in [0, 0.05) is 0 Å². The maximum absolute atomic E-state index is 10.4. The molecule has 0 aromatic heterocycles. The summed E-state index contributed by atoms with van der Waals surface area (Å²) in [6.07, 6.45) is 1.54. The van der Waals surface area contributed by atoms with Crippen LogP contribution in [0.1, 0.15) is 22.3 Å². The van der Waals surface area contributed by atoms with E-state index in [0.717, 1.165) is 22.3 Å². The van der Waals surface area contributed by atoms with Crippen molar-refractivity contribution >= 4 is 23.9 Å². The average molecular weight is 724 g/mol. The zero-order valence-electron chi connectivity index (χ0n) is 28.1. The van der Waals surface area contributed by atoms with E-state index < -0.39 is 53.1 Å². The lowest BCUT2D eigenvalue weighted by molar-refractivity contribution is -0.742. The molecule has 0 heterocycles. The summed E-state index contributed by atoms with van der Waals surface area (Å²) in [7, 11) is 0. The van der Waals surface area contributed by atoms with Crippen LogP contribution in [0.3, 0.4) is 0 Å². The molecule has 0 amide bonds. The molecule has 0 saturated carbocycles. The van der Waals surface area contributed by atoms with E-state index >= 15 is 0 Å². The molecule has 4 aromatic rings. The summed E-state index contributed by atoms with van der Waals surface area (Å²) < 4.78 is 0. The number of nitrogens with zero attached hydrogens (tertiary/aromatic N) is 1. The van der Waals surface area contributed by atoms with E-state index in [2.05, 4.69) is 0 Å². The SMILES string of the molecule is N[C@@H](Cc1ccccc1)C(=O)O.N[C@@H](Cc1ccccc1)C(=O)O.N[C@@H](Cc1ccccc1)C(=O)O.N[C@@H](Cc1ccccc1)C(=O)O.O=[N+]([O-])O. The number of hydrogen-bond donors (Lipinski definition) is 9. The number of rotatable bonds is 12. The van der Waals surface area contributed by atoms with Crippen LogP contribution in [0.4, 0.5) is 0 Å². The highest BCUT2D eigenvalue weighted by Crippen LogP contribution is 2.04. The molecular weight excluding hydrogens is 678 g/mol. The summed E-state index contributed by atoms with van der Waals surface area (Å²) in [6.45, 7) is 0. The number of nitrogens with two attached hydrogens (primary N) is 4. The predicted molar refractivity (Wildman–Crippen MR) is 192 cm³/mol. The lowest BCUT2D eigenvalue weighted by Gasteiger charge is -2.04. The van der Waals surface area contributed by atoms with Crippen molar-refractivity contribution in [3.63, 3.8) is 0 Å². The van der Waals surface area contributed by atoms with Crippen LogP contribution in [-0.2, 0) is 44.9 Å². The fourth-order valence-electron chi connectivity index (χ4n) is 3.82. The van der Waals surface area contributed by atoms with Gasteiger partial charge in [0.25, 0.3) is 5.09 Å². The van der Waals surface area contributed by atoms with E-state index in [1.54, 1.807) is 0 Å². The highest BCUT2D eigenvalue weighted by Gasteiger charge is 2.13. The van der Waals surface area contributed by atoms with Crippen LogP contribution >= 0.6 is 0 Å². The topological polar surface area (TPSA) is 317 Å². The molecule has 52 heavy (non-hydrogen) atoms. The van der Waals surface area contributed by atoms with Crippen molar-refractivity contribution in [2.75, 3.05) is 0 Å². The summed E-state index contributed by atoms with van der Waals surface area (Å²) >= 11 is 0. The third kappa shape index (κ3) is 24.0. The molecule has 16 nitrogen and oxygen atoms in total. The third-order valence-corrected chi connectivity index (χ3v) is 6.46. The second-order valence-electron chi connectivity index (χ2n) is 10.8. The molecule has 0 aliphatic carbocycles. The molecule has 13 N–H and O–H groups in total. The Bertz CT molecular complexity index is 1370. The number of hydrogen-bond acceptors (Lipinski definition) is 10. The quantitative estimate of drug-likeness (QED) is 0.0747. The Morgan fingerprint density at radius 1 is 0.442 bits per heavy atom. The van der Waals surface area contributed by atoms with Crippen molar-refractivity contribution in [1.29, 1.82) is 0 Å². The van der Waals surface area contributed by atoms with Gasteiger partial charge in [0.15, 0.2) is 0 Å². The molecule has 0 spiro atoms. The molecule has 4 rings (SSSR count). The molecule has 0 radical (unpaired) electrons. The fourth-order valence-corrected chi connectivity index (χ4v) is 3.82. The monoisotopic (exact) mass is 723 g/mol. The highest BCUT2D eigenvalue weighted by atomic mass is 16.9. The standard InChI is InChI=1S/4C9H11NO2.HNO3/c4*10-8(9(11)12)6-7-4-2-1-3-5-7;2-1(3)4/h4*1-5,8H,6,10H2,(H,11,12);(H,2,3,4)/t4*8-;/m0000./s1. The van der Waals surface area contributed by atoms with Crippen LogP contribution in [0, 0.1) is 10.1 Å². The molecular formula is C36H45N5O11. The molecule has 0 aliphatic heterocycles. The maximum atomic E-state index is 10.4. The van der Waals surface area contributed by atoms with Gasteiger partial charge in [-0.3, -0.25) is 19.2 Å². The predicted octanol–water partition coefficient (Wildman–Crippen LogP) is 2.22.